The van der Waals surface area contributed by atoms with Crippen molar-refractivity contribution in [2.45, 2.75) is 18.9 Å². The summed E-state index contributed by atoms with van der Waals surface area (Å²) in [6.07, 6.45) is 3.33. The van der Waals surface area contributed by atoms with Crippen LogP contribution >= 0.6 is 11.6 Å². The summed E-state index contributed by atoms with van der Waals surface area (Å²) in [5, 5.41) is 18.9. The maximum atomic E-state index is 12.3. The molecule has 5 heteroatoms. The van der Waals surface area contributed by atoms with E-state index in [0.29, 0.717) is 16.3 Å². The zero-order valence-corrected chi connectivity index (χ0v) is 14.7. The number of Topliss-reactive ketones (excluding diaryl/α,β-unsaturated/α-hetero) is 1. The van der Waals surface area contributed by atoms with Crippen LogP contribution in [0.25, 0.3) is 12.2 Å². The summed E-state index contributed by atoms with van der Waals surface area (Å²) in [5.41, 5.74) is 2.31. The van der Waals surface area contributed by atoms with Gasteiger partial charge in [0.2, 0.25) is 0 Å². The van der Waals surface area contributed by atoms with Gasteiger partial charge in [0, 0.05) is 22.6 Å². The minimum absolute atomic E-state index is 0.0868. The van der Waals surface area contributed by atoms with E-state index in [4.69, 9.17) is 21.4 Å². The molecule has 2 rings (SSSR count). The highest BCUT2D eigenvalue weighted by atomic mass is 35.5. The Labute approximate surface area is 152 Å². The first kappa shape index (κ1) is 19.2. The zero-order valence-electron chi connectivity index (χ0n) is 14.0. The number of benzene rings is 2. The molecule has 0 unspecified atom stereocenters. The highest BCUT2D eigenvalue weighted by Crippen LogP contribution is 2.24. The van der Waals surface area contributed by atoms with Gasteiger partial charge in [-0.25, -0.2) is 0 Å². The van der Waals surface area contributed by atoms with Gasteiger partial charge < -0.3 is 14.9 Å². The molecule has 2 aromatic rings. The third-order valence-corrected chi connectivity index (χ3v) is 4.04. The number of hydrogen-bond donors (Lipinski definition) is 2. The van der Waals surface area contributed by atoms with E-state index in [2.05, 4.69) is 0 Å². The molecule has 0 spiro atoms. The van der Waals surface area contributed by atoms with Gasteiger partial charge in [0.1, 0.15) is 5.75 Å². The quantitative estimate of drug-likeness (QED) is 0.554. The standard InChI is InChI=1S/C20H21ClO4/c1-25-20-11-6-15(19(24)10-9-18(23)13-22)12-16(20)5-2-14-3-7-17(21)8-4-14/h2-8,11-12,18,22-23H,9-10,13H2,1H3/b5-2+/t18-/m0/s1. The summed E-state index contributed by atoms with van der Waals surface area (Å²) in [4.78, 5) is 12.3. The number of carbonyl (C=O) groups is 1. The van der Waals surface area contributed by atoms with E-state index in [0.717, 1.165) is 11.1 Å². The normalized spacial score (nSPS) is 12.3. The van der Waals surface area contributed by atoms with E-state index in [1.54, 1.807) is 25.3 Å². The third-order valence-electron chi connectivity index (χ3n) is 3.79. The van der Waals surface area contributed by atoms with Crippen molar-refractivity contribution in [2.24, 2.45) is 0 Å². The average molecular weight is 361 g/mol. The third kappa shape index (κ3) is 5.71. The Morgan fingerprint density at radius 1 is 1.20 bits per heavy atom. The number of aliphatic hydroxyl groups is 2. The number of ether oxygens (including phenoxy) is 1. The molecule has 0 aromatic heterocycles. The van der Waals surface area contributed by atoms with E-state index in [1.807, 2.05) is 36.4 Å². The predicted molar refractivity (Wildman–Crippen MR) is 100 cm³/mol. The van der Waals surface area contributed by atoms with E-state index >= 15 is 0 Å². The lowest BCUT2D eigenvalue weighted by molar-refractivity contribution is 0.0779. The lowest BCUT2D eigenvalue weighted by Crippen LogP contribution is -2.14. The first-order valence-electron chi connectivity index (χ1n) is 7.97. The van der Waals surface area contributed by atoms with Crippen molar-refractivity contribution in [1.82, 2.24) is 0 Å². The van der Waals surface area contributed by atoms with E-state index in [-0.39, 0.29) is 25.2 Å². The smallest absolute Gasteiger partial charge is 0.162 e. The van der Waals surface area contributed by atoms with Crippen LogP contribution in [0.2, 0.25) is 5.02 Å². The maximum absolute atomic E-state index is 12.3. The van der Waals surface area contributed by atoms with Crippen LogP contribution in [0.5, 0.6) is 5.75 Å². The molecule has 4 nitrogen and oxygen atoms in total. The van der Waals surface area contributed by atoms with Crippen LogP contribution in [0.15, 0.2) is 42.5 Å². The molecule has 0 fully saturated rings. The highest BCUT2D eigenvalue weighted by molar-refractivity contribution is 6.30. The zero-order chi connectivity index (χ0) is 18.2. The van der Waals surface area contributed by atoms with Crippen LogP contribution in [0.3, 0.4) is 0 Å². The van der Waals surface area contributed by atoms with Gasteiger partial charge in [-0.3, -0.25) is 4.79 Å². The molecule has 0 heterocycles. The number of aliphatic hydroxyl groups excluding tert-OH is 2. The summed E-state index contributed by atoms with van der Waals surface area (Å²) in [6, 6.07) is 12.6. The number of hydrogen-bond acceptors (Lipinski definition) is 4. The molecular formula is C20H21ClO4. The van der Waals surface area contributed by atoms with E-state index < -0.39 is 6.10 Å². The van der Waals surface area contributed by atoms with Crippen molar-refractivity contribution < 1.29 is 19.7 Å². The van der Waals surface area contributed by atoms with Crippen molar-refractivity contribution in [3.8, 4) is 5.75 Å². The van der Waals surface area contributed by atoms with Crippen LogP contribution < -0.4 is 4.74 Å². The van der Waals surface area contributed by atoms with Crippen molar-refractivity contribution >= 4 is 29.5 Å². The van der Waals surface area contributed by atoms with E-state index in [9.17, 15) is 9.90 Å². The van der Waals surface area contributed by atoms with E-state index in [1.165, 1.54) is 0 Å². The van der Waals surface area contributed by atoms with Crippen molar-refractivity contribution in [3.63, 3.8) is 0 Å². The van der Waals surface area contributed by atoms with Crippen molar-refractivity contribution in [1.29, 1.82) is 0 Å². The second kappa shape index (κ2) is 9.37. The fourth-order valence-electron chi connectivity index (χ4n) is 2.33. The maximum Gasteiger partial charge on any atom is 0.162 e. The number of ketones is 1. The number of carbonyl (C=O) groups excluding carboxylic acids is 1. The monoisotopic (exact) mass is 360 g/mol. The lowest BCUT2D eigenvalue weighted by atomic mass is 10.0. The largest absolute Gasteiger partial charge is 0.496 e. The fraction of sp³-hybridized carbons (Fsp3) is 0.250. The SMILES string of the molecule is COc1ccc(C(=O)CC[C@H](O)CO)cc1/C=C/c1ccc(Cl)cc1. The Balaban J connectivity index is 2.18. The van der Waals surface area contributed by atoms with Gasteiger partial charge in [0.15, 0.2) is 5.78 Å². The second-order valence-corrected chi connectivity index (χ2v) is 6.08. The molecule has 0 aliphatic heterocycles. The molecule has 0 aliphatic carbocycles. The highest BCUT2D eigenvalue weighted by Gasteiger charge is 2.11. The minimum Gasteiger partial charge on any atom is -0.496 e. The Morgan fingerprint density at radius 3 is 2.56 bits per heavy atom. The summed E-state index contributed by atoms with van der Waals surface area (Å²) < 4.78 is 5.35. The van der Waals surface area contributed by atoms with Crippen LogP contribution in [0, 0.1) is 0 Å². The Hall–Kier alpha value is -2.14. The van der Waals surface area contributed by atoms with Crippen LogP contribution in [-0.2, 0) is 0 Å². The van der Waals surface area contributed by atoms with Gasteiger partial charge in [-0.15, -0.1) is 0 Å². The molecule has 0 saturated carbocycles. The topological polar surface area (TPSA) is 66.8 Å². The molecule has 2 N–H and O–H groups in total. The van der Waals surface area contributed by atoms with Crippen LogP contribution in [-0.4, -0.2) is 35.8 Å². The summed E-state index contributed by atoms with van der Waals surface area (Å²) in [5.74, 6) is 0.577. The molecule has 0 radical (unpaired) electrons. The number of halogens is 1. The molecular weight excluding hydrogens is 340 g/mol. The van der Waals surface area contributed by atoms with Crippen molar-refractivity contribution in [3.05, 3.63) is 64.2 Å². The first-order chi connectivity index (χ1) is 12.0. The van der Waals surface area contributed by atoms with Gasteiger partial charge in [-0.1, -0.05) is 35.9 Å². The molecule has 0 aliphatic rings. The lowest BCUT2D eigenvalue weighted by Gasteiger charge is -2.09. The molecule has 0 saturated heterocycles. The van der Waals surface area contributed by atoms with Crippen LogP contribution in [0.1, 0.15) is 34.3 Å². The number of methoxy groups -OCH3 is 1. The summed E-state index contributed by atoms with van der Waals surface area (Å²) in [7, 11) is 1.58. The van der Waals surface area contributed by atoms with Gasteiger partial charge in [0.05, 0.1) is 19.8 Å². The fourth-order valence-corrected chi connectivity index (χ4v) is 2.46. The Kier molecular flexibility index (Phi) is 7.19. The Morgan fingerprint density at radius 2 is 1.92 bits per heavy atom. The summed E-state index contributed by atoms with van der Waals surface area (Å²) >= 11 is 5.88. The van der Waals surface area contributed by atoms with Crippen molar-refractivity contribution in [2.75, 3.05) is 13.7 Å². The molecule has 132 valence electrons. The average Bonchev–Trinajstić information content (AvgIpc) is 2.65. The predicted octanol–water partition coefficient (Wildman–Crippen LogP) is 3.84. The van der Waals surface area contributed by atoms with Gasteiger partial charge in [-0.2, -0.15) is 0 Å². The molecule has 0 amide bonds. The van der Waals surface area contributed by atoms with Gasteiger partial charge in [0.25, 0.3) is 0 Å². The number of rotatable bonds is 8. The first-order valence-corrected chi connectivity index (χ1v) is 8.35. The summed E-state index contributed by atoms with van der Waals surface area (Å²) in [6.45, 7) is -0.342. The molecule has 25 heavy (non-hydrogen) atoms. The molecule has 1 atom stereocenters. The Bertz CT molecular complexity index is 738. The molecule has 0 bridgehead atoms. The second-order valence-electron chi connectivity index (χ2n) is 5.64. The van der Waals surface area contributed by atoms with Crippen LogP contribution in [0.4, 0.5) is 0 Å². The molecule has 2 aromatic carbocycles. The minimum atomic E-state index is -0.869. The van der Waals surface area contributed by atoms with Gasteiger partial charge >= 0.3 is 0 Å². The van der Waals surface area contributed by atoms with Gasteiger partial charge in [-0.05, 0) is 42.3 Å².